The molecule has 0 aliphatic heterocycles. The average molecular weight is 269 g/mol. The number of rotatable bonds is 3. The van der Waals surface area contributed by atoms with Crippen LogP contribution < -0.4 is 10.5 Å². The summed E-state index contributed by atoms with van der Waals surface area (Å²) in [7, 11) is 0. The van der Waals surface area contributed by atoms with Crippen molar-refractivity contribution in [1.29, 1.82) is 0 Å². The average Bonchev–Trinajstić information content (AvgIpc) is 2.46. The minimum absolute atomic E-state index is 0.259. The van der Waals surface area contributed by atoms with Gasteiger partial charge in [0.05, 0.1) is 12.1 Å². The van der Waals surface area contributed by atoms with Gasteiger partial charge in [0, 0.05) is 6.07 Å². The van der Waals surface area contributed by atoms with E-state index < -0.39 is 0 Å². The fourth-order valence-corrected chi connectivity index (χ4v) is 1.71. The summed E-state index contributed by atoms with van der Waals surface area (Å²) in [6, 6.07) is 12.3. The first-order valence-electron chi connectivity index (χ1n) is 6.36. The Morgan fingerprint density at radius 1 is 1.15 bits per heavy atom. The van der Waals surface area contributed by atoms with Crippen molar-refractivity contribution in [1.82, 2.24) is 0 Å². The van der Waals surface area contributed by atoms with E-state index in [2.05, 4.69) is 11.8 Å². The molecule has 2 rings (SSSR count). The summed E-state index contributed by atoms with van der Waals surface area (Å²) >= 11 is 0. The molecule has 0 amide bonds. The van der Waals surface area contributed by atoms with Crippen LogP contribution in [-0.4, -0.2) is 6.54 Å². The van der Waals surface area contributed by atoms with Crippen molar-refractivity contribution in [3.63, 3.8) is 0 Å². The van der Waals surface area contributed by atoms with E-state index in [0.29, 0.717) is 17.9 Å². The van der Waals surface area contributed by atoms with Crippen molar-refractivity contribution in [3.8, 4) is 17.6 Å². The molecule has 3 heteroatoms. The molecule has 0 aromatic heterocycles. The molecular formula is C17H16FNO. The Balaban J connectivity index is 2.15. The molecule has 0 radical (unpaired) electrons. The number of hydrogen-bond acceptors (Lipinski definition) is 2. The summed E-state index contributed by atoms with van der Waals surface area (Å²) in [5.41, 5.74) is 8.20. The van der Waals surface area contributed by atoms with Crippen LogP contribution in [0.2, 0.25) is 0 Å². The van der Waals surface area contributed by atoms with Gasteiger partial charge >= 0.3 is 0 Å². The maximum absolute atomic E-state index is 13.3. The van der Waals surface area contributed by atoms with Crippen LogP contribution in [0.5, 0.6) is 5.75 Å². The van der Waals surface area contributed by atoms with Gasteiger partial charge in [0.15, 0.2) is 0 Å². The number of ether oxygens (including phenoxy) is 1. The second kappa shape index (κ2) is 6.74. The molecule has 2 aromatic rings. The zero-order valence-corrected chi connectivity index (χ0v) is 11.3. The van der Waals surface area contributed by atoms with Crippen LogP contribution in [0.4, 0.5) is 4.39 Å². The van der Waals surface area contributed by atoms with Crippen molar-refractivity contribution in [2.75, 3.05) is 6.54 Å². The Morgan fingerprint density at radius 3 is 2.60 bits per heavy atom. The van der Waals surface area contributed by atoms with Crippen molar-refractivity contribution < 1.29 is 9.13 Å². The second-order valence-corrected chi connectivity index (χ2v) is 4.42. The third-order valence-corrected chi connectivity index (χ3v) is 2.78. The van der Waals surface area contributed by atoms with Crippen molar-refractivity contribution >= 4 is 0 Å². The fraction of sp³-hybridized carbons (Fsp3) is 0.176. The fourth-order valence-electron chi connectivity index (χ4n) is 1.71. The van der Waals surface area contributed by atoms with Gasteiger partial charge in [-0.3, -0.25) is 0 Å². The van der Waals surface area contributed by atoms with Gasteiger partial charge in [0.2, 0.25) is 0 Å². The molecule has 0 unspecified atom stereocenters. The first-order chi connectivity index (χ1) is 9.69. The maximum Gasteiger partial charge on any atom is 0.138 e. The number of nitrogens with two attached hydrogens (primary N) is 1. The van der Waals surface area contributed by atoms with Crippen LogP contribution in [-0.2, 0) is 6.61 Å². The molecule has 0 fully saturated rings. The van der Waals surface area contributed by atoms with Crippen LogP contribution in [0, 0.1) is 24.6 Å². The lowest BCUT2D eigenvalue weighted by molar-refractivity contribution is 0.303. The third-order valence-electron chi connectivity index (χ3n) is 2.78. The van der Waals surface area contributed by atoms with Gasteiger partial charge in [0.1, 0.15) is 18.2 Å². The van der Waals surface area contributed by atoms with Crippen LogP contribution >= 0.6 is 0 Å². The number of halogens is 1. The lowest BCUT2D eigenvalue weighted by atomic mass is 10.1. The van der Waals surface area contributed by atoms with E-state index in [1.165, 1.54) is 17.7 Å². The van der Waals surface area contributed by atoms with Gasteiger partial charge in [-0.1, -0.05) is 41.7 Å². The number of aryl methyl sites for hydroxylation is 1. The molecular weight excluding hydrogens is 253 g/mol. The predicted molar refractivity (Wildman–Crippen MR) is 77.8 cm³/mol. The Labute approximate surface area is 118 Å². The van der Waals surface area contributed by atoms with E-state index in [-0.39, 0.29) is 12.4 Å². The van der Waals surface area contributed by atoms with Gasteiger partial charge in [0.25, 0.3) is 0 Å². The molecule has 0 bridgehead atoms. The Hall–Kier alpha value is -2.31. The van der Waals surface area contributed by atoms with E-state index in [0.717, 1.165) is 5.56 Å². The van der Waals surface area contributed by atoms with Gasteiger partial charge in [-0.05, 0) is 24.6 Å². The molecule has 2 nitrogen and oxygen atoms in total. The number of hydrogen-bond donors (Lipinski definition) is 1. The summed E-state index contributed by atoms with van der Waals surface area (Å²) < 4.78 is 19.0. The first kappa shape index (κ1) is 14.1. The monoisotopic (exact) mass is 269 g/mol. The standard InChI is InChI=1S/C17H16FNO/c1-13-4-6-14(7-5-13)12-20-17-11-16(18)9-8-15(17)3-2-10-19/h4-9,11H,10,12,19H2,1H3. The zero-order chi connectivity index (χ0) is 14.4. The molecule has 0 heterocycles. The summed E-state index contributed by atoms with van der Waals surface area (Å²) in [5.74, 6) is 5.72. The maximum atomic E-state index is 13.3. The Kier molecular flexibility index (Phi) is 4.75. The van der Waals surface area contributed by atoms with Gasteiger partial charge in [-0.15, -0.1) is 0 Å². The molecule has 0 atom stereocenters. The molecule has 102 valence electrons. The highest BCUT2D eigenvalue weighted by atomic mass is 19.1. The number of benzene rings is 2. The highest BCUT2D eigenvalue weighted by molar-refractivity contribution is 5.46. The normalized spacial score (nSPS) is 9.75. The summed E-state index contributed by atoms with van der Waals surface area (Å²) in [6.07, 6.45) is 0. The molecule has 2 aromatic carbocycles. The predicted octanol–water partition coefficient (Wildman–Crippen LogP) is 3.02. The molecule has 0 aliphatic rings. The van der Waals surface area contributed by atoms with E-state index in [1.807, 2.05) is 31.2 Å². The lowest BCUT2D eigenvalue weighted by Gasteiger charge is -2.09. The highest BCUT2D eigenvalue weighted by Crippen LogP contribution is 2.20. The molecule has 0 aliphatic carbocycles. The molecule has 0 spiro atoms. The van der Waals surface area contributed by atoms with Crippen LogP contribution in [0.1, 0.15) is 16.7 Å². The Morgan fingerprint density at radius 2 is 1.90 bits per heavy atom. The van der Waals surface area contributed by atoms with Crippen LogP contribution in [0.15, 0.2) is 42.5 Å². The van der Waals surface area contributed by atoms with Crippen LogP contribution in [0.3, 0.4) is 0 Å². The van der Waals surface area contributed by atoms with Crippen molar-refractivity contribution in [2.24, 2.45) is 5.73 Å². The SMILES string of the molecule is Cc1ccc(COc2cc(F)ccc2C#CCN)cc1. The summed E-state index contributed by atoms with van der Waals surface area (Å²) in [6.45, 7) is 2.66. The van der Waals surface area contributed by atoms with E-state index in [1.54, 1.807) is 6.07 Å². The topological polar surface area (TPSA) is 35.2 Å². The van der Waals surface area contributed by atoms with E-state index in [4.69, 9.17) is 10.5 Å². The van der Waals surface area contributed by atoms with E-state index in [9.17, 15) is 4.39 Å². The largest absolute Gasteiger partial charge is 0.487 e. The van der Waals surface area contributed by atoms with Crippen molar-refractivity contribution in [2.45, 2.75) is 13.5 Å². The van der Waals surface area contributed by atoms with Gasteiger partial charge < -0.3 is 10.5 Å². The summed E-state index contributed by atoms with van der Waals surface area (Å²) in [4.78, 5) is 0. The second-order valence-electron chi connectivity index (χ2n) is 4.42. The van der Waals surface area contributed by atoms with Crippen molar-refractivity contribution in [3.05, 3.63) is 65.0 Å². The lowest BCUT2D eigenvalue weighted by Crippen LogP contribution is -1.98. The molecule has 0 saturated heterocycles. The van der Waals surface area contributed by atoms with Gasteiger partial charge in [-0.25, -0.2) is 4.39 Å². The van der Waals surface area contributed by atoms with Gasteiger partial charge in [-0.2, -0.15) is 0 Å². The first-order valence-corrected chi connectivity index (χ1v) is 6.36. The molecule has 2 N–H and O–H groups in total. The third kappa shape index (κ3) is 3.84. The smallest absolute Gasteiger partial charge is 0.138 e. The zero-order valence-electron chi connectivity index (χ0n) is 11.3. The molecule has 0 saturated carbocycles. The summed E-state index contributed by atoms with van der Waals surface area (Å²) in [5, 5.41) is 0. The highest BCUT2D eigenvalue weighted by Gasteiger charge is 2.04. The quantitative estimate of drug-likeness (QED) is 0.869. The van der Waals surface area contributed by atoms with E-state index >= 15 is 0 Å². The Bertz CT molecular complexity index is 638. The minimum Gasteiger partial charge on any atom is -0.487 e. The van der Waals surface area contributed by atoms with Crippen LogP contribution in [0.25, 0.3) is 0 Å². The minimum atomic E-state index is -0.345. The molecule has 20 heavy (non-hydrogen) atoms.